The van der Waals surface area contributed by atoms with Gasteiger partial charge in [0.25, 0.3) is 0 Å². The highest BCUT2D eigenvalue weighted by Gasteiger charge is 2.25. The molecule has 0 bridgehead atoms. The third-order valence-electron chi connectivity index (χ3n) is 3.61. The number of halogens is 4. The molecule has 0 saturated carbocycles. The van der Waals surface area contributed by atoms with E-state index in [1.807, 2.05) is 0 Å². The molecule has 0 fully saturated rings. The van der Waals surface area contributed by atoms with Crippen molar-refractivity contribution in [1.82, 2.24) is 9.55 Å². The number of hydrogen-bond acceptors (Lipinski definition) is 3. The van der Waals surface area contributed by atoms with E-state index in [9.17, 15) is 18.0 Å². The fraction of sp³-hybridized carbons (Fsp3) is 0.176. The molecule has 130 valence electrons. The number of para-hydroxylation sites is 2. The van der Waals surface area contributed by atoms with Gasteiger partial charge in [-0.2, -0.15) is 8.78 Å². The molecule has 0 spiro atoms. The summed E-state index contributed by atoms with van der Waals surface area (Å²) in [6.45, 7) is -1.48. The van der Waals surface area contributed by atoms with Crippen molar-refractivity contribution in [3.05, 3.63) is 64.7 Å². The van der Waals surface area contributed by atoms with Crippen molar-refractivity contribution < 1.29 is 22.7 Å². The van der Waals surface area contributed by atoms with Gasteiger partial charge in [-0.25, -0.2) is 14.2 Å². The fourth-order valence-corrected chi connectivity index (χ4v) is 2.66. The van der Waals surface area contributed by atoms with Crippen LogP contribution in [0.5, 0.6) is 0 Å². The minimum Gasteiger partial charge on any atom is -0.451 e. The zero-order valence-corrected chi connectivity index (χ0v) is 13.7. The van der Waals surface area contributed by atoms with Gasteiger partial charge in [-0.15, -0.1) is 0 Å². The molecule has 2 aromatic carbocycles. The van der Waals surface area contributed by atoms with Crippen molar-refractivity contribution in [2.75, 3.05) is 0 Å². The third-order valence-corrected chi connectivity index (χ3v) is 3.85. The zero-order chi connectivity index (χ0) is 18.1. The standard InChI is InChI=1S/C17H12ClF3N2O2/c1-9(25-16(24)11-8-10(18)6-7-12(11)19)15-22-13-4-2-3-5-14(13)23(15)17(20)21/h2-9,17H,1H3. The van der Waals surface area contributed by atoms with Crippen molar-refractivity contribution in [3.63, 3.8) is 0 Å². The van der Waals surface area contributed by atoms with Crippen molar-refractivity contribution in [1.29, 1.82) is 0 Å². The molecule has 1 heterocycles. The van der Waals surface area contributed by atoms with Gasteiger partial charge in [-0.1, -0.05) is 23.7 Å². The van der Waals surface area contributed by atoms with Gasteiger partial charge in [0.15, 0.2) is 11.9 Å². The number of benzene rings is 2. The van der Waals surface area contributed by atoms with E-state index in [1.165, 1.54) is 19.1 Å². The van der Waals surface area contributed by atoms with Gasteiger partial charge >= 0.3 is 12.5 Å². The van der Waals surface area contributed by atoms with E-state index in [0.29, 0.717) is 10.1 Å². The molecule has 3 aromatic rings. The highest BCUT2D eigenvalue weighted by atomic mass is 35.5. The number of ether oxygens (including phenoxy) is 1. The number of esters is 1. The Kier molecular flexibility index (Phi) is 4.67. The van der Waals surface area contributed by atoms with E-state index in [4.69, 9.17) is 16.3 Å². The number of hydrogen-bond donors (Lipinski definition) is 0. The van der Waals surface area contributed by atoms with Gasteiger partial charge < -0.3 is 4.74 Å². The predicted molar refractivity (Wildman–Crippen MR) is 86.2 cm³/mol. The summed E-state index contributed by atoms with van der Waals surface area (Å²) in [5.74, 6) is -1.96. The van der Waals surface area contributed by atoms with Crippen LogP contribution < -0.4 is 0 Å². The summed E-state index contributed by atoms with van der Waals surface area (Å²) in [5, 5.41) is 0.154. The van der Waals surface area contributed by atoms with Crippen LogP contribution in [-0.2, 0) is 4.74 Å². The van der Waals surface area contributed by atoms with Crippen molar-refractivity contribution in [3.8, 4) is 0 Å². The minimum atomic E-state index is -2.87. The number of fused-ring (bicyclic) bond motifs is 1. The molecular weight excluding hydrogens is 357 g/mol. The Labute approximate surface area is 145 Å². The Balaban J connectivity index is 1.94. The highest BCUT2D eigenvalue weighted by molar-refractivity contribution is 6.30. The molecule has 0 N–H and O–H groups in total. The maximum Gasteiger partial charge on any atom is 0.341 e. The van der Waals surface area contributed by atoms with E-state index in [0.717, 1.165) is 12.1 Å². The number of carbonyl (C=O) groups excluding carboxylic acids is 1. The van der Waals surface area contributed by atoms with Crippen LogP contribution in [0.15, 0.2) is 42.5 Å². The normalized spacial score (nSPS) is 12.6. The smallest absolute Gasteiger partial charge is 0.341 e. The molecule has 0 radical (unpaired) electrons. The van der Waals surface area contributed by atoms with Crippen LogP contribution in [0.3, 0.4) is 0 Å². The van der Waals surface area contributed by atoms with Crippen molar-refractivity contribution >= 4 is 28.6 Å². The average molecular weight is 369 g/mol. The van der Waals surface area contributed by atoms with Gasteiger partial charge in [0, 0.05) is 5.02 Å². The second kappa shape index (κ2) is 6.76. The second-order valence-corrected chi connectivity index (χ2v) is 5.71. The summed E-state index contributed by atoms with van der Waals surface area (Å²) in [6, 6.07) is 9.75. The van der Waals surface area contributed by atoms with Crippen LogP contribution in [0, 0.1) is 5.82 Å². The predicted octanol–water partition coefficient (Wildman–Crippen LogP) is 5.14. The van der Waals surface area contributed by atoms with Crippen LogP contribution in [0.4, 0.5) is 13.2 Å². The van der Waals surface area contributed by atoms with E-state index >= 15 is 0 Å². The topological polar surface area (TPSA) is 44.1 Å². The second-order valence-electron chi connectivity index (χ2n) is 5.28. The highest BCUT2D eigenvalue weighted by Crippen LogP contribution is 2.29. The van der Waals surface area contributed by atoms with E-state index in [-0.39, 0.29) is 21.9 Å². The van der Waals surface area contributed by atoms with Crippen LogP contribution in [-0.4, -0.2) is 15.5 Å². The third kappa shape index (κ3) is 3.32. The molecule has 0 aliphatic rings. The Morgan fingerprint density at radius 3 is 2.68 bits per heavy atom. The molecule has 25 heavy (non-hydrogen) atoms. The first-order valence-corrected chi connectivity index (χ1v) is 7.67. The lowest BCUT2D eigenvalue weighted by molar-refractivity contribution is 0.0229. The number of rotatable bonds is 4. The largest absolute Gasteiger partial charge is 0.451 e. The first-order chi connectivity index (χ1) is 11.9. The lowest BCUT2D eigenvalue weighted by atomic mass is 10.2. The number of carbonyl (C=O) groups is 1. The summed E-state index contributed by atoms with van der Waals surface area (Å²) < 4.78 is 46.4. The lowest BCUT2D eigenvalue weighted by Crippen LogP contribution is -2.15. The molecule has 0 aliphatic heterocycles. The van der Waals surface area contributed by atoms with Crippen LogP contribution in [0.1, 0.15) is 35.8 Å². The Bertz CT molecular complexity index is 943. The number of alkyl halides is 2. The summed E-state index contributed by atoms with van der Waals surface area (Å²) in [6.07, 6.45) is -1.12. The van der Waals surface area contributed by atoms with E-state index < -0.39 is 24.4 Å². The molecule has 1 atom stereocenters. The Morgan fingerprint density at radius 1 is 1.24 bits per heavy atom. The lowest BCUT2D eigenvalue weighted by Gasteiger charge is -2.15. The summed E-state index contributed by atoms with van der Waals surface area (Å²) >= 11 is 5.74. The quantitative estimate of drug-likeness (QED) is 0.599. The van der Waals surface area contributed by atoms with Gasteiger partial charge in [0.2, 0.25) is 0 Å². The summed E-state index contributed by atoms with van der Waals surface area (Å²) in [4.78, 5) is 16.3. The van der Waals surface area contributed by atoms with E-state index in [1.54, 1.807) is 18.2 Å². The molecule has 0 aliphatic carbocycles. The van der Waals surface area contributed by atoms with Crippen LogP contribution in [0.2, 0.25) is 5.02 Å². The first kappa shape index (κ1) is 17.3. The SMILES string of the molecule is CC(OC(=O)c1cc(Cl)ccc1F)c1nc2ccccc2n1C(F)F. The monoisotopic (exact) mass is 368 g/mol. The van der Waals surface area contributed by atoms with Crippen molar-refractivity contribution in [2.45, 2.75) is 19.6 Å². The fourth-order valence-electron chi connectivity index (χ4n) is 2.49. The van der Waals surface area contributed by atoms with Gasteiger partial charge in [-0.3, -0.25) is 4.57 Å². The van der Waals surface area contributed by atoms with Gasteiger partial charge in [0.05, 0.1) is 16.6 Å². The number of imidazole rings is 1. The van der Waals surface area contributed by atoms with Crippen LogP contribution in [0.25, 0.3) is 11.0 Å². The Hall–Kier alpha value is -2.54. The zero-order valence-electron chi connectivity index (χ0n) is 12.9. The van der Waals surface area contributed by atoms with Gasteiger partial charge in [0.1, 0.15) is 5.82 Å². The molecule has 4 nitrogen and oxygen atoms in total. The number of aromatic nitrogens is 2. The molecule has 8 heteroatoms. The summed E-state index contributed by atoms with van der Waals surface area (Å²) in [5.41, 5.74) is 0.179. The maximum absolute atomic E-state index is 13.7. The van der Waals surface area contributed by atoms with Crippen LogP contribution >= 0.6 is 11.6 Å². The molecular formula is C17H12ClF3N2O2. The molecule has 3 rings (SSSR count). The average Bonchev–Trinajstić information content (AvgIpc) is 2.96. The minimum absolute atomic E-state index is 0.132. The van der Waals surface area contributed by atoms with E-state index in [2.05, 4.69) is 4.98 Å². The van der Waals surface area contributed by atoms with Crippen molar-refractivity contribution in [2.24, 2.45) is 0 Å². The maximum atomic E-state index is 13.7. The number of nitrogens with zero attached hydrogens (tertiary/aromatic N) is 2. The molecule has 0 amide bonds. The first-order valence-electron chi connectivity index (χ1n) is 7.29. The molecule has 1 aromatic heterocycles. The van der Waals surface area contributed by atoms with Gasteiger partial charge in [-0.05, 0) is 37.3 Å². The summed E-state index contributed by atoms with van der Waals surface area (Å²) in [7, 11) is 0. The Morgan fingerprint density at radius 2 is 1.96 bits per heavy atom. The molecule has 0 saturated heterocycles. The molecule has 1 unspecified atom stereocenters.